The molecule has 0 radical (unpaired) electrons. The number of rotatable bonds is 9. The molecule has 0 aliphatic rings. The summed E-state index contributed by atoms with van der Waals surface area (Å²) < 4.78 is 16.6. The van der Waals surface area contributed by atoms with Crippen LogP contribution in [0.25, 0.3) is 11.0 Å². The summed E-state index contributed by atoms with van der Waals surface area (Å²) in [6.07, 6.45) is 5.92. The van der Waals surface area contributed by atoms with Crippen LogP contribution in [0.2, 0.25) is 0 Å². The highest BCUT2D eigenvalue weighted by Gasteiger charge is 2.11. The van der Waals surface area contributed by atoms with Crippen LogP contribution in [-0.4, -0.2) is 12.6 Å². The molecule has 1 aromatic heterocycles. The first-order chi connectivity index (χ1) is 14.1. The van der Waals surface area contributed by atoms with E-state index in [1.165, 1.54) is 37.8 Å². The van der Waals surface area contributed by atoms with Crippen molar-refractivity contribution in [1.82, 2.24) is 0 Å². The molecule has 3 rings (SSSR count). The van der Waals surface area contributed by atoms with E-state index in [0.717, 1.165) is 12.2 Å². The summed E-state index contributed by atoms with van der Waals surface area (Å²) in [4.78, 5) is 24.5. The average Bonchev–Trinajstić information content (AvgIpc) is 2.71. The van der Waals surface area contributed by atoms with Crippen LogP contribution < -0.4 is 14.9 Å². The van der Waals surface area contributed by atoms with Gasteiger partial charge in [-0.15, -0.1) is 0 Å². The Morgan fingerprint density at radius 1 is 0.931 bits per heavy atom. The largest absolute Gasteiger partial charge is 0.494 e. The van der Waals surface area contributed by atoms with Crippen molar-refractivity contribution in [1.29, 1.82) is 0 Å². The minimum atomic E-state index is -0.494. The van der Waals surface area contributed by atoms with Crippen molar-refractivity contribution in [3.8, 4) is 11.5 Å². The minimum absolute atomic E-state index is 0.169. The molecular weight excluding hydrogens is 368 g/mol. The number of hydrogen-bond donors (Lipinski definition) is 0. The van der Waals surface area contributed by atoms with E-state index in [-0.39, 0.29) is 5.43 Å². The second kappa shape index (κ2) is 9.92. The predicted molar refractivity (Wildman–Crippen MR) is 113 cm³/mol. The number of carbonyl (C=O) groups excluding carboxylic acids is 1. The van der Waals surface area contributed by atoms with Crippen LogP contribution in [0.3, 0.4) is 0 Å². The molecule has 0 bridgehead atoms. The second-order valence-corrected chi connectivity index (χ2v) is 7.06. The minimum Gasteiger partial charge on any atom is -0.494 e. The number of esters is 1. The van der Waals surface area contributed by atoms with Gasteiger partial charge < -0.3 is 13.9 Å². The number of benzene rings is 2. The lowest BCUT2D eigenvalue weighted by Crippen LogP contribution is -2.09. The molecule has 0 aliphatic heterocycles. The molecule has 0 atom stereocenters. The maximum absolute atomic E-state index is 12.4. The molecule has 5 nitrogen and oxygen atoms in total. The van der Waals surface area contributed by atoms with Crippen LogP contribution in [0.15, 0.2) is 57.7 Å². The zero-order chi connectivity index (χ0) is 20.6. The Bertz CT molecular complexity index is 1020. The van der Waals surface area contributed by atoms with Crippen molar-refractivity contribution >= 4 is 16.9 Å². The van der Waals surface area contributed by atoms with Gasteiger partial charge in [-0.05, 0) is 55.8 Å². The predicted octanol–water partition coefficient (Wildman–Crippen LogP) is 5.67. The molecule has 29 heavy (non-hydrogen) atoms. The molecule has 0 saturated carbocycles. The van der Waals surface area contributed by atoms with E-state index in [9.17, 15) is 9.59 Å². The lowest BCUT2D eigenvalue weighted by molar-refractivity contribution is 0.0735. The Morgan fingerprint density at radius 2 is 1.66 bits per heavy atom. The van der Waals surface area contributed by atoms with E-state index in [1.54, 1.807) is 43.3 Å². The molecule has 2 aromatic carbocycles. The van der Waals surface area contributed by atoms with Gasteiger partial charge in [-0.1, -0.05) is 32.6 Å². The summed E-state index contributed by atoms with van der Waals surface area (Å²) in [6.45, 7) is 4.59. The van der Waals surface area contributed by atoms with E-state index in [2.05, 4.69) is 6.92 Å². The van der Waals surface area contributed by atoms with Gasteiger partial charge >= 0.3 is 5.97 Å². The summed E-state index contributed by atoms with van der Waals surface area (Å²) in [5, 5.41) is 0.378. The first-order valence-electron chi connectivity index (χ1n) is 10.1. The fraction of sp³-hybridized carbons (Fsp3) is 0.333. The summed E-state index contributed by atoms with van der Waals surface area (Å²) in [6, 6.07) is 13.1. The van der Waals surface area contributed by atoms with Crippen molar-refractivity contribution in [2.45, 2.75) is 46.0 Å². The number of ether oxygens (including phenoxy) is 2. The van der Waals surface area contributed by atoms with Crippen LogP contribution in [0.4, 0.5) is 0 Å². The maximum atomic E-state index is 12.4. The molecule has 0 aliphatic carbocycles. The van der Waals surface area contributed by atoms with Gasteiger partial charge in [0.15, 0.2) is 5.43 Å². The lowest BCUT2D eigenvalue weighted by atomic mass is 10.2. The molecule has 1 heterocycles. The smallest absolute Gasteiger partial charge is 0.343 e. The molecule has 0 N–H and O–H groups in total. The van der Waals surface area contributed by atoms with Gasteiger partial charge in [-0.2, -0.15) is 0 Å². The third-order valence-corrected chi connectivity index (χ3v) is 4.64. The Labute approximate surface area is 170 Å². The van der Waals surface area contributed by atoms with E-state index in [1.807, 2.05) is 0 Å². The molecule has 5 heteroatoms. The highest BCUT2D eigenvalue weighted by atomic mass is 16.5. The zero-order valence-electron chi connectivity index (χ0n) is 16.9. The van der Waals surface area contributed by atoms with Gasteiger partial charge in [0, 0.05) is 6.07 Å². The van der Waals surface area contributed by atoms with Gasteiger partial charge in [0.2, 0.25) is 0 Å². The number of aryl methyl sites for hydroxylation is 1. The van der Waals surface area contributed by atoms with Crippen molar-refractivity contribution < 1.29 is 18.7 Å². The van der Waals surface area contributed by atoms with Gasteiger partial charge in [-0.25, -0.2) is 4.79 Å². The van der Waals surface area contributed by atoms with Gasteiger partial charge in [0.25, 0.3) is 0 Å². The van der Waals surface area contributed by atoms with E-state index in [4.69, 9.17) is 13.9 Å². The molecule has 152 valence electrons. The fourth-order valence-electron chi connectivity index (χ4n) is 3.07. The molecule has 0 saturated heterocycles. The SMILES string of the molecule is CCCCCCCOc1ccc(C(=O)Oc2ccc3oc(C)cc(=O)c3c2)cc1. The first-order valence-corrected chi connectivity index (χ1v) is 10.1. The normalized spacial score (nSPS) is 10.8. The van der Waals surface area contributed by atoms with Crippen LogP contribution in [-0.2, 0) is 0 Å². The Balaban J connectivity index is 1.58. The number of unbranched alkanes of at least 4 members (excludes halogenated alkanes) is 4. The van der Waals surface area contributed by atoms with E-state index >= 15 is 0 Å². The Morgan fingerprint density at radius 3 is 2.41 bits per heavy atom. The van der Waals surface area contributed by atoms with E-state index < -0.39 is 5.97 Å². The lowest BCUT2D eigenvalue weighted by Gasteiger charge is -2.08. The average molecular weight is 394 g/mol. The van der Waals surface area contributed by atoms with Gasteiger partial charge in [-0.3, -0.25) is 4.79 Å². The van der Waals surface area contributed by atoms with Crippen LogP contribution >= 0.6 is 0 Å². The first kappa shape index (κ1) is 20.6. The number of carbonyl (C=O) groups is 1. The Kier molecular flexibility index (Phi) is 7.06. The second-order valence-electron chi connectivity index (χ2n) is 7.06. The molecule has 3 aromatic rings. The fourth-order valence-corrected chi connectivity index (χ4v) is 3.07. The summed E-state index contributed by atoms with van der Waals surface area (Å²) in [5.41, 5.74) is 0.708. The van der Waals surface area contributed by atoms with Crippen LogP contribution in [0.5, 0.6) is 11.5 Å². The van der Waals surface area contributed by atoms with Crippen molar-refractivity contribution in [3.63, 3.8) is 0 Å². The Hall–Kier alpha value is -3.08. The summed E-state index contributed by atoms with van der Waals surface area (Å²) >= 11 is 0. The summed E-state index contributed by atoms with van der Waals surface area (Å²) in [5.74, 6) is 1.07. The third kappa shape index (κ3) is 5.70. The maximum Gasteiger partial charge on any atom is 0.343 e. The van der Waals surface area contributed by atoms with Crippen LogP contribution in [0, 0.1) is 6.92 Å². The molecule has 0 unspecified atom stereocenters. The van der Waals surface area contributed by atoms with Crippen molar-refractivity contribution in [2.75, 3.05) is 6.61 Å². The number of fused-ring (bicyclic) bond motifs is 1. The van der Waals surface area contributed by atoms with Crippen molar-refractivity contribution in [3.05, 3.63) is 70.1 Å². The quantitative estimate of drug-likeness (QED) is 0.266. The molecule has 0 spiro atoms. The van der Waals surface area contributed by atoms with Crippen molar-refractivity contribution in [2.24, 2.45) is 0 Å². The topological polar surface area (TPSA) is 65.7 Å². The van der Waals surface area contributed by atoms with Gasteiger partial charge in [0.05, 0.1) is 17.6 Å². The monoisotopic (exact) mass is 394 g/mol. The number of hydrogen-bond acceptors (Lipinski definition) is 5. The van der Waals surface area contributed by atoms with Crippen LogP contribution in [0.1, 0.15) is 55.1 Å². The highest BCUT2D eigenvalue weighted by Crippen LogP contribution is 2.21. The third-order valence-electron chi connectivity index (χ3n) is 4.64. The summed E-state index contributed by atoms with van der Waals surface area (Å²) in [7, 11) is 0. The molecule has 0 fully saturated rings. The molecule has 0 amide bonds. The standard InChI is InChI=1S/C24H26O5/c1-3-4-5-6-7-14-27-19-10-8-18(9-11-19)24(26)29-20-12-13-23-21(16-20)22(25)15-17(2)28-23/h8-13,15-16H,3-7,14H2,1-2H3. The zero-order valence-corrected chi connectivity index (χ0v) is 16.9. The van der Waals surface area contributed by atoms with Gasteiger partial charge in [0.1, 0.15) is 22.8 Å². The molecular formula is C24H26O5. The van der Waals surface area contributed by atoms with E-state index in [0.29, 0.717) is 34.6 Å². The highest BCUT2D eigenvalue weighted by molar-refractivity contribution is 5.91.